The Labute approximate surface area is 110 Å². The Morgan fingerprint density at radius 3 is 2.67 bits per heavy atom. The van der Waals surface area contributed by atoms with Crippen molar-refractivity contribution < 1.29 is 0 Å². The van der Waals surface area contributed by atoms with Gasteiger partial charge in [-0.3, -0.25) is 14.8 Å². The van der Waals surface area contributed by atoms with E-state index in [4.69, 9.17) is 5.73 Å². The molecule has 1 aromatic heterocycles. The largest absolute Gasteiger partial charge is 0.329 e. The van der Waals surface area contributed by atoms with Crippen molar-refractivity contribution in [2.75, 3.05) is 26.7 Å². The predicted octanol–water partition coefficient (Wildman–Crippen LogP) is 0.935. The minimum atomic E-state index is 0.207. The molecule has 1 atom stereocenters. The third kappa shape index (κ3) is 2.88. The van der Waals surface area contributed by atoms with E-state index < -0.39 is 0 Å². The smallest absolute Gasteiger partial charge is 0.0350 e. The lowest BCUT2D eigenvalue weighted by molar-refractivity contribution is -0.00258. The maximum absolute atomic E-state index is 5.92. The monoisotopic (exact) mass is 248 g/mol. The summed E-state index contributed by atoms with van der Waals surface area (Å²) in [5.74, 6) is 0. The van der Waals surface area contributed by atoms with E-state index in [2.05, 4.69) is 47.8 Å². The summed E-state index contributed by atoms with van der Waals surface area (Å²) in [6, 6.07) is 4.61. The Balaban J connectivity index is 2.10. The van der Waals surface area contributed by atoms with Crippen molar-refractivity contribution in [2.45, 2.75) is 32.0 Å². The highest BCUT2D eigenvalue weighted by atomic mass is 15.3. The SMILES string of the molecule is CN1CC(CN)N(Cc2ccncc2)CC1(C)C. The fraction of sp³-hybridized carbons (Fsp3) is 0.643. The van der Waals surface area contributed by atoms with Crippen LogP contribution in [0.5, 0.6) is 0 Å². The van der Waals surface area contributed by atoms with Crippen molar-refractivity contribution in [1.82, 2.24) is 14.8 Å². The van der Waals surface area contributed by atoms with Crippen LogP contribution in [0.4, 0.5) is 0 Å². The molecule has 18 heavy (non-hydrogen) atoms. The molecule has 4 nitrogen and oxygen atoms in total. The van der Waals surface area contributed by atoms with E-state index in [-0.39, 0.29) is 5.54 Å². The van der Waals surface area contributed by atoms with Crippen molar-refractivity contribution in [2.24, 2.45) is 5.73 Å². The highest BCUT2D eigenvalue weighted by Crippen LogP contribution is 2.23. The zero-order valence-corrected chi connectivity index (χ0v) is 11.6. The number of pyridine rings is 1. The van der Waals surface area contributed by atoms with E-state index in [0.29, 0.717) is 12.6 Å². The molecule has 0 saturated carbocycles. The number of hydrogen-bond acceptors (Lipinski definition) is 4. The second kappa shape index (κ2) is 5.34. The molecule has 1 unspecified atom stereocenters. The molecule has 0 aliphatic carbocycles. The second-order valence-corrected chi connectivity index (χ2v) is 5.84. The lowest BCUT2D eigenvalue weighted by atomic mass is 9.95. The molecule has 1 aromatic rings. The minimum absolute atomic E-state index is 0.207. The van der Waals surface area contributed by atoms with Crippen molar-refractivity contribution in [3.05, 3.63) is 30.1 Å². The Morgan fingerprint density at radius 1 is 1.39 bits per heavy atom. The van der Waals surface area contributed by atoms with Crippen LogP contribution in [0.1, 0.15) is 19.4 Å². The van der Waals surface area contributed by atoms with Crippen molar-refractivity contribution in [1.29, 1.82) is 0 Å². The normalized spacial score (nSPS) is 25.2. The molecule has 1 saturated heterocycles. The number of nitrogens with zero attached hydrogens (tertiary/aromatic N) is 3. The number of nitrogens with two attached hydrogens (primary N) is 1. The molecule has 4 heteroatoms. The molecule has 2 rings (SSSR count). The molecule has 2 heterocycles. The molecular weight excluding hydrogens is 224 g/mol. The Kier molecular flexibility index (Phi) is 4.00. The summed E-state index contributed by atoms with van der Waals surface area (Å²) in [5.41, 5.74) is 7.43. The third-order valence-electron chi connectivity index (χ3n) is 4.03. The summed E-state index contributed by atoms with van der Waals surface area (Å²) in [6.07, 6.45) is 3.71. The Hall–Kier alpha value is -0.970. The Morgan fingerprint density at radius 2 is 2.06 bits per heavy atom. The number of piperazine rings is 1. The van der Waals surface area contributed by atoms with E-state index in [1.165, 1.54) is 5.56 Å². The van der Waals surface area contributed by atoms with Gasteiger partial charge in [-0.15, -0.1) is 0 Å². The fourth-order valence-corrected chi connectivity index (χ4v) is 2.56. The zero-order chi connectivity index (χ0) is 13.2. The molecule has 0 bridgehead atoms. The maximum Gasteiger partial charge on any atom is 0.0350 e. The van der Waals surface area contributed by atoms with Crippen LogP contribution in [0.2, 0.25) is 0 Å². The van der Waals surface area contributed by atoms with Gasteiger partial charge in [0.15, 0.2) is 0 Å². The minimum Gasteiger partial charge on any atom is -0.329 e. The number of likely N-dealkylation sites (N-methyl/N-ethyl adjacent to an activating group) is 1. The zero-order valence-electron chi connectivity index (χ0n) is 11.6. The second-order valence-electron chi connectivity index (χ2n) is 5.84. The van der Waals surface area contributed by atoms with Gasteiger partial charge >= 0.3 is 0 Å². The van der Waals surface area contributed by atoms with Crippen LogP contribution < -0.4 is 5.73 Å². The molecule has 1 aliphatic rings. The van der Waals surface area contributed by atoms with Gasteiger partial charge in [0, 0.05) is 50.2 Å². The first-order valence-electron chi connectivity index (χ1n) is 6.57. The predicted molar refractivity (Wildman–Crippen MR) is 74.2 cm³/mol. The maximum atomic E-state index is 5.92. The molecule has 1 fully saturated rings. The highest BCUT2D eigenvalue weighted by Gasteiger charge is 2.35. The number of rotatable bonds is 3. The van der Waals surface area contributed by atoms with E-state index in [1.807, 2.05) is 12.4 Å². The van der Waals surface area contributed by atoms with Crippen LogP contribution in [0.25, 0.3) is 0 Å². The first kappa shape index (κ1) is 13.5. The van der Waals surface area contributed by atoms with Crippen molar-refractivity contribution in [3.8, 4) is 0 Å². The summed E-state index contributed by atoms with van der Waals surface area (Å²) in [5, 5.41) is 0. The van der Waals surface area contributed by atoms with E-state index in [1.54, 1.807) is 0 Å². The van der Waals surface area contributed by atoms with Gasteiger partial charge in [0.2, 0.25) is 0 Å². The summed E-state index contributed by atoms with van der Waals surface area (Å²) < 4.78 is 0. The van der Waals surface area contributed by atoms with Crippen molar-refractivity contribution in [3.63, 3.8) is 0 Å². The summed E-state index contributed by atoms with van der Waals surface area (Å²) in [6.45, 7) is 8.34. The summed E-state index contributed by atoms with van der Waals surface area (Å²) in [4.78, 5) is 8.97. The molecule has 2 N–H and O–H groups in total. The lowest BCUT2D eigenvalue weighted by Crippen LogP contribution is -2.63. The van der Waals surface area contributed by atoms with Crippen LogP contribution >= 0.6 is 0 Å². The third-order valence-corrected chi connectivity index (χ3v) is 4.03. The van der Waals surface area contributed by atoms with E-state index >= 15 is 0 Å². The van der Waals surface area contributed by atoms with Gasteiger partial charge in [0.25, 0.3) is 0 Å². The van der Waals surface area contributed by atoms with Crippen molar-refractivity contribution >= 4 is 0 Å². The van der Waals surface area contributed by atoms with Gasteiger partial charge in [-0.25, -0.2) is 0 Å². The van der Waals surface area contributed by atoms with Crippen LogP contribution in [-0.2, 0) is 6.54 Å². The highest BCUT2D eigenvalue weighted by molar-refractivity contribution is 5.10. The quantitative estimate of drug-likeness (QED) is 0.864. The van der Waals surface area contributed by atoms with Gasteiger partial charge in [0.05, 0.1) is 0 Å². The lowest BCUT2D eigenvalue weighted by Gasteiger charge is -2.49. The molecule has 0 aromatic carbocycles. The van der Waals surface area contributed by atoms with E-state index in [9.17, 15) is 0 Å². The summed E-state index contributed by atoms with van der Waals surface area (Å²) in [7, 11) is 2.19. The van der Waals surface area contributed by atoms with Gasteiger partial charge in [-0.2, -0.15) is 0 Å². The molecule has 0 spiro atoms. The molecule has 100 valence electrons. The average Bonchev–Trinajstić information content (AvgIpc) is 2.34. The van der Waals surface area contributed by atoms with Crippen LogP contribution in [0.3, 0.4) is 0 Å². The van der Waals surface area contributed by atoms with Gasteiger partial charge < -0.3 is 5.73 Å². The number of aromatic nitrogens is 1. The summed E-state index contributed by atoms with van der Waals surface area (Å²) >= 11 is 0. The molecular formula is C14H24N4. The first-order chi connectivity index (χ1) is 8.53. The number of hydrogen-bond donors (Lipinski definition) is 1. The fourth-order valence-electron chi connectivity index (χ4n) is 2.56. The van der Waals surface area contributed by atoms with Crippen LogP contribution in [0, 0.1) is 0 Å². The van der Waals surface area contributed by atoms with Crippen LogP contribution in [0.15, 0.2) is 24.5 Å². The molecule has 1 aliphatic heterocycles. The first-order valence-corrected chi connectivity index (χ1v) is 6.57. The molecule has 0 radical (unpaired) electrons. The average molecular weight is 248 g/mol. The topological polar surface area (TPSA) is 45.4 Å². The Bertz CT molecular complexity index is 377. The van der Waals surface area contributed by atoms with Crippen LogP contribution in [-0.4, -0.2) is 53.0 Å². The van der Waals surface area contributed by atoms with Gasteiger partial charge in [-0.05, 0) is 38.6 Å². The van der Waals surface area contributed by atoms with Gasteiger partial charge in [0.1, 0.15) is 0 Å². The van der Waals surface area contributed by atoms with E-state index in [0.717, 1.165) is 19.6 Å². The standard InChI is InChI=1S/C14H24N4/c1-14(2)11-18(13(8-15)10-17(14)3)9-12-4-6-16-7-5-12/h4-7,13H,8-11,15H2,1-3H3. The molecule has 0 amide bonds. The van der Waals surface area contributed by atoms with Gasteiger partial charge in [-0.1, -0.05) is 0 Å².